The maximum Gasteiger partial charge on any atom is 0.245 e. The first-order valence-electron chi connectivity index (χ1n) is 5.52. The fourth-order valence-corrected chi connectivity index (χ4v) is 1.99. The molecular weight excluding hydrogens is 194 g/mol. The van der Waals surface area contributed by atoms with Gasteiger partial charge in [0.15, 0.2) is 0 Å². The van der Waals surface area contributed by atoms with Crippen molar-refractivity contribution in [1.82, 2.24) is 15.5 Å². The Balaban J connectivity index is 1.93. The molecule has 1 aliphatic heterocycles. The average Bonchev–Trinajstić information content (AvgIpc) is 3.10. The first-order chi connectivity index (χ1) is 7.33. The molecule has 1 heterocycles. The van der Waals surface area contributed by atoms with Gasteiger partial charge in [0.1, 0.15) is 6.04 Å². The van der Waals surface area contributed by atoms with Crippen molar-refractivity contribution in [2.75, 3.05) is 26.2 Å². The normalized spacial score (nSPS) is 23.3. The van der Waals surface area contributed by atoms with Crippen LogP contribution in [0.15, 0.2) is 0 Å². The second kappa shape index (κ2) is 4.61. The number of hydrogen-bond donors (Lipinski definition) is 2. The van der Waals surface area contributed by atoms with Crippen LogP contribution in [0.25, 0.3) is 0 Å². The molecule has 2 amide bonds. The third kappa shape index (κ3) is 2.47. The van der Waals surface area contributed by atoms with Gasteiger partial charge in [0, 0.05) is 26.2 Å². The van der Waals surface area contributed by atoms with Crippen LogP contribution in [0, 0.1) is 5.92 Å². The number of carbonyl (C=O) groups is 2. The van der Waals surface area contributed by atoms with E-state index < -0.39 is 0 Å². The minimum Gasteiger partial charge on any atom is -0.347 e. The molecule has 1 atom stereocenters. The summed E-state index contributed by atoms with van der Waals surface area (Å²) < 4.78 is 0. The van der Waals surface area contributed by atoms with Crippen LogP contribution in [0.2, 0.25) is 0 Å². The molecule has 1 aliphatic carbocycles. The lowest BCUT2D eigenvalue weighted by atomic mass is 10.1. The van der Waals surface area contributed by atoms with Crippen LogP contribution in [0.3, 0.4) is 0 Å². The molecule has 0 aromatic rings. The predicted molar refractivity (Wildman–Crippen MR) is 55.2 cm³/mol. The Bertz CT molecular complexity index is 247. The topological polar surface area (TPSA) is 61.4 Å². The Kier molecular flexibility index (Phi) is 3.20. The minimum absolute atomic E-state index is 0.0890. The Hall–Kier alpha value is -1.10. The predicted octanol–water partition coefficient (Wildman–Crippen LogP) is -1.06. The molecule has 0 bridgehead atoms. The molecule has 84 valence electrons. The largest absolute Gasteiger partial charge is 0.347 e. The Morgan fingerprint density at radius 2 is 2.07 bits per heavy atom. The SMILES string of the molecule is O=CNC(C(=O)N1CCNCC1)C1CC1. The zero-order valence-electron chi connectivity index (χ0n) is 8.74. The third-order valence-corrected chi connectivity index (χ3v) is 3.04. The summed E-state index contributed by atoms with van der Waals surface area (Å²) in [7, 11) is 0. The second-order valence-electron chi connectivity index (χ2n) is 4.17. The Labute approximate surface area is 89.2 Å². The Morgan fingerprint density at radius 3 is 2.60 bits per heavy atom. The van der Waals surface area contributed by atoms with Gasteiger partial charge in [0.25, 0.3) is 0 Å². The maximum absolute atomic E-state index is 12.0. The summed E-state index contributed by atoms with van der Waals surface area (Å²) in [5, 5.41) is 5.85. The second-order valence-corrected chi connectivity index (χ2v) is 4.17. The highest BCUT2D eigenvalue weighted by molar-refractivity contribution is 5.84. The summed E-state index contributed by atoms with van der Waals surface area (Å²) in [5.41, 5.74) is 0. The molecule has 15 heavy (non-hydrogen) atoms. The van der Waals surface area contributed by atoms with Gasteiger partial charge in [-0.1, -0.05) is 0 Å². The molecule has 1 saturated carbocycles. The van der Waals surface area contributed by atoms with E-state index in [1.807, 2.05) is 4.90 Å². The van der Waals surface area contributed by atoms with Gasteiger partial charge in [-0.05, 0) is 18.8 Å². The molecular formula is C10H17N3O2. The van der Waals surface area contributed by atoms with Crippen molar-refractivity contribution in [3.05, 3.63) is 0 Å². The van der Waals surface area contributed by atoms with Gasteiger partial charge in [-0.2, -0.15) is 0 Å². The molecule has 5 heteroatoms. The van der Waals surface area contributed by atoms with E-state index in [-0.39, 0.29) is 11.9 Å². The van der Waals surface area contributed by atoms with Crippen LogP contribution < -0.4 is 10.6 Å². The third-order valence-electron chi connectivity index (χ3n) is 3.04. The summed E-state index contributed by atoms with van der Waals surface area (Å²) in [6.07, 6.45) is 2.76. The lowest BCUT2D eigenvalue weighted by molar-refractivity contribution is -0.135. The van der Waals surface area contributed by atoms with Crippen LogP contribution in [-0.2, 0) is 9.59 Å². The first-order valence-corrected chi connectivity index (χ1v) is 5.52. The molecule has 1 unspecified atom stereocenters. The van der Waals surface area contributed by atoms with Gasteiger partial charge in [0.05, 0.1) is 0 Å². The highest BCUT2D eigenvalue weighted by Gasteiger charge is 2.38. The summed E-state index contributed by atoms with van der Waals surface area (Å²) in [6.45, 7) is 3.21. The quantitative estimate of drug-likeness (QED) is 0.583. The smallest absolute Gasteiger partial charge is 0.245 e. The summed E-state index contributed by atoms with van der Waals surface area (Å²) in [5.74, 6) is 0.462. The van der Waals surface area contributed by atoms with Crippen molar-refractivity contribution < 1.29 is 9.59 Å². The highest BCUT2D eigenvalue weighted by Crippen LogP contribution is 2.33. The van der Waals surface area contributed by atoms with Crippen molar-refractivity contribution >= 4 is 12.3 Å². The number of rotatable bonds is 4. The van der Waals surface area contributed by atoms with Crippen LogP contribution in [0.4, 0.5) is 0 Å². The van der Waals surface area contributed by atoms with Gasteiger partial charge in [-0.25, -0.2) is 0 Å². The minimum atomic E-state index is -0.277. The van der Waals surface area contributed by atoms with Gasteiger partial charge >= 0.3 is 0 Å². The molecule has 0 radical (unpaired) electrons. The lowest BCUT2D eigenvalue weighted by Crippen LogP contribution is -2.53. The van der Waals surface area contributed by atoms with E-state index in [2.05, 4.69) is 10.6 Å². The van der Waals surface area contributed by atoms with Crippen molar-refractivity contribution in [1.29, 1.82) is 0 Å². The van der Waals surface area contributed by atoms with Crippen LogP contribution in [0.1, 0.15) is 12.8 Å². The first kappa shape index (κ1) is 10.4. The zero-order valence-corrected chi connectivity index (χ0v) is 8.74. The standard InChI is InChI=1S/C10H17N3O2/c14-7-12-9(8-1-2-8)10(15)13-5-3-11-4-6-13/h7-9,11H,1-6H2,(H,12,14). The summed E-state index contributed by atoms with van der Waals surface area (Å²) in [4.78, 5) is 24.3. The van der Waals surface area contributed by atoms with Crippen molar-refractivity contribution in [3.63, 3.8) is 0 Å². The molecule has 0 aromatic carbocycles. The van der Waals surface area contributed by atoms with Crippen LogP contribution >= 0.6 is 0 Å². The summed E-state index contributed by atoms with van der Waals surface area (Å²) >= 11 is 0. The molecule has 5 nitrogen and oxygen atoms in total. The molecule has 2 aliphatic rings. The lowest BCUT2D eigenvalue weighted by Gasteiger charge is -2.30. The number of amides is 2. The van der Waals surface area contributed by atoms with E-state index in [0.29, 0.717) is 12.3 Å². The van der Waals surface area contributed by atoms with Crippen molar-refractivity contribution in [2.45, 2.75) is 18.9 Å². The van der Waals surface area contributed by atoms with E-state index >= 15 is 0 Å². The molecule has 0 aromatic heterocycles. The van der Waals surface area contributed by atoms with Gasteiger partial charge in [-0.15, -0.1) is 0 Å². The van der Waals surface area contributed by atoms with Crippen LogP contribution in [-0.4, -0.2) is 49.4 Å². The molecule has 1 saturated heterocycles. The number of hydrogen-bond acceptors (Lipinski definition) is 3. The number of nitrogens with zero attached hydrogens (tertiary/aromatic N) is 1. The van der Waals surface area contributed by atoms with E-state index in [4.69, 9.17) is 0 Å². The van der Waals surface area contributed by atoms with Crippen LogP contribution in [0.5, 0.6) is 0 Å². The maximum atomic E-state index is 12.0. The van der Waals surface area contributed by atoms with E-state index in [0.717, 1.165) is 39.0 Å². The molecule has 0 spiro atoms. The van der Waals surface area contributed by atoms with Gasteiger partial charge < -0.3 is 15.5 Å². The van der Waals surface area contributed by atoms with Gasteiger partial charge in [0.2, 0.25) is 12.3 Å². The zero-order chi connectivity index (χ0) is 10.7. The van der Waals surface area contributed by atoms with E-state index in [1.165, 1.54) is 0 Å². The number of piperazine rings is 1. The Morgan fingerprint density at radius 1 is 1.40 bits per heavy atom. The highest BCUT2D eigenvalue weighted by atomic mass is 16.2. The number of nitrogens with one attached hydrogen (secondary N) is 2. The molecule has 2 rings (SSSR count). The van der Waals surface area contributed by atoms with Crippen molar-refractivity contribution in [2.24, 2.45) is 5.92 Å². The average molecular weight is 211 g/mol. The molecule has 2 fully saturated rings. The van der Waals surface area contributed by atoms with Gasteiger partial charge in [-0.3, -0.25) is 9.59 Å². The molecule has 2 N–H and O–H groups in total. The monoisotopic (exact) mass is 211 g/mol. The van der Waals surface area contributed by atoms with E-state index in [1.54, 1.807) is 0 Å². The van der Waals surface area contributed by atoms with Crippen molar-refractivity contribution in [3.8, 4) is 0 Å². The summed E-state index contributed by atoms with van der Waals surface area (Å²) in [6, 6.07) is -0.277. The fourth-order valence-electron chi connectivity index (χ4n) is 1.99. The van der Waals surface area contributed by atoms with E-state index in [9.17, 15) is 9.59 Å². The fraction of sp³-hybridized carbons (Fsp3) is 0.800. The number of carbonyl (C=O) groups excluding carboxylic acids is 2.